The number of fused-ring (bicyclic) bond motifs is 1. The van der Waals surface area contributed by atoms with Gasteiger partial charge >= 0.3 is 6.18 Å². The Kier molecular flexibility index (Phi) is 4.18. The fraction of sp³-hybridized carbons (Fsp3) is 0.600. The van der Waals surface area contributed by atoms with Crippen molar-refractivity contribution in [3.8, 4) is 0 Å². The number of carbonyl (C=O) groups excluding carboxylic acids is 1. The molecule has 0 unspecified atom stereocenters. The zero-order chi connectivity index (χ0) is 16.6. The topological polar surface area (TPSA) is 62.4 Å². The molecule has 1 N–H and O–H groups in total. The molecule has 2 heterocycles. The van der Waals surface area contributed by atoms with Crippen LogP contribution >= 0.6 is 0 Å². The van der Waals surface area contributed by atoms with Crippen molar-refractivity contribution in [2.24, 2.45) is 0 Å². The van der Waals surface area contributed by atoms with E-state index in [1.165, 1.54) is 0 Å². The van der Waals surface area contributed by atoms with Crippen LogP contribution in [0, 0.1) is 0 Å². The molecule has 0 aromatic carbocycles. The number of alkyl halides is 3. The minimum absolute atomic E-state index is 0.0463. The summed E-state index contributed by atoms with van der Waals surface area (Å²) in [6.45, 7) is 0.728. The van der Waals surface area contributed by atoms with Crippen molar-refractivity contribution in [3.63, 3.8) is 0 Å². The normalized spacial score (nSPS) is 25.1. The number of amides is 1. The molecular weight excluding hydrogens is 313 g/mol. The molecule has 5 nitrogen and oxygen atoms in total. The number of hydrogen-bond acceptors (Lipinski definition) is 3. The quantitative estimate of drug-likeness (QED) is 0.858. The summed E-state index contributed by atoms with van der Waals surface area (Å²) in [5, 5.41) is 0. The van der Waals surface area contributed by atoms with Crippen LogP contribution in [0.4, 0.5) is 13.2 Å². The van der Waals surface area contributed by atoms with Crippen molar-refractivity contribution in [2.45, 2.75) is 44.0 Å². The van der Waals surface area contributed by atoms with Crippen molar-refractivity contribution < 1.29 is 22.7 Å². The summed E-state index contributed by atoms with van der Waals surface area (Å²) >= 11 is 0. The zero-order valence-corrected chi connectivity index (χ0v) is 12.4. The second-order valence-electron chi connectivity index (χ2n) is 5.87. The van der Waals surface area contributed by atoms with Gasteiger partial charge in [0.2, 0.25) is 0 Å². The standard InChI is InChI=1S/C15H17F3N2O3/c16-15(17,18)12-6-5-9(13(21)19-12)14(22)20-7-8-23-11-4-2-1-3-10(11)20/h5-6,10-11H,1-4,7-8H2,(H,19,21)/t10-,11-/m0/s1. The summed E-state index contributed by atoms with van der Waals surface area (Å²) in [6, 6.07) is 1.58. The van der Waals surface area contributed by atoms with Gasteiger partial charge in [-0.15, -0.1) is 0 Å². The predicted octanol–water partition coefficient (Wildman–Crippen LogP) is 2.18. The maximum absolute atomic E-state index is 12.6. The smallest absolute Gasteiger partial charge is 0.374 e. The Morgan fingerprint density at radius 2 is 2.00 bits per heavy atom. The number of ether oxygens (including phenoxy) is 1. The molecule has 2 fully saturated rings. The lowest BCUT2D eigenvalue weighted by Gasteiger charge is -2.43. The first-order valence-corrected chi connectivity index (χ1v) is 7.61. The zero-order valence-electron chi connectivity index (χ0n) is 12.4. The van der Waals surface area contributed by atoms with Gasteiger partial charge in [0, 0.05) is 6.54 Å². The Labute approximate surface area is 130 Å². The van der Waals surface area contributed by atoms with E-state index >= 15 is 0 Å². The number of rotatable bonds is 1. The number of morpholine rings is 1. The number of halogens is 3. The second kappa shape index (κ2) is 5.99. The number of pyridine rings is 1. The Hall–Kier alpha value is -1.83. The van der Waals surface area contributed by atoms with Crippen molar-refractivity contribution in [3.05, 3.63) is 33.7 Å². The molecule has 0 radical (unpaired) electrons. The van der Waals surface area contributed by atoms with E-state index in [4.69, 9.17) is 4.74 Å². The van der Waals surface area contributed by atoms with Gasteiger partial charge in [-0.25, -0.2) is 0 Å². The van der Waals surface area contributed by atoms with Crippen LogP contribution in [0.2, 0.25) is 0 Å². The van der Waals surface area contributed by atoms with Crippen LogP contribution in [0.5, 0.6) is 0 Å². The Morgan fingerprint density at radius 1 is 1.26 bits per heavy atom. The monoisotopic (exact) mass is 330 g/mol. The third kappa shape index (κ3) is 3.12. The average molecular weight is 330 g/mol. The number of aromatic nitrogens is 1. The number of nitrogens with zero attached hydrogens (tertiary/aromatic N) is 1. The van der Waals surface area contributed by atoms with Crippen LogP contribution in [-0.4, -0.2) is 41.1 Å². The first-order valence-electron chi connectivity index (χ1n) is 7.61. The fourth-order valence-corrected chi connectivity index (χ4v) is 3.31. The largest absolute Gasteiger partial charge is 0.431 e. The summed E-state index contributed by atoms with van der Waals surface area (Å²) < 4.78 is 43.4. The summed E-state index contributed by atoms with van der Waals surface area (Å²) in [7, 11) is 0. The third-order valence-electron chi connectivity index (χ3n) is 4.44. The molecule has 2 aliphatic rings. The Morgan fingerprint density at radius 3 is 2.70 bits per heavy atom. The molecule has 2 atom stereocenters. The number of aromatic amines is 1. The first-order chi connectivity index (χ1) is 10.9. The van der Waals surface area contributed by atoms with Gasteiger partial charge in [-0.3, -0.25) is 9.59 Å². The van der Waals surface area contributed by atoms with Gasteiger partial charge in [0.25, 0.3) is 11.5 Å². The van der Waals surface area contributed by atoms with E-state index in [0.717, 1.165) is 37.8 Å². The maximum Gasteiger partial charge on any atom is 0.431 e. The van der Waals surface area contributed by atoms with E-state index in [9.17, 15) is 22.8 Å². The highest BCUT2D eigenvalue weighted by Gasteiger charge is 2.38. The fourth-order valence-electron chi connectivity index (χ4n) is 3.31. The molecule has 1 aromatic heterocycles. The van der Waals surface area contributed by atoms with Crippen LogP contribution < -0.4 is 5.56 Å². The number of H-pyrrole nitrogens is 1. The van der Waals surface area contributed by atoms with E-state index < -0.39 is 23.3 Å². The van der Waals surface area contributed by atoms with E-state index in [2.05, 4.69) is 0 Å². The summed E-state index contributed by atoms with van der Waals surface area (Å²) in [6.07, 6.45) is -1.04. The summed E-state index contributed by atoms with van der Waals surface area (Å²) in [4.78, 5) is 27.8. The van der Waals surface area contributed by atoms with Gasteiger partial charge < -0.3 is 14.6 Å². The van der Waals surface area contributed by atoms with Gasteiger partial charge in [-0.2, -0.15) is 13.2 Å². The molecule has 23 heavy (non-hydrogen) atoms. The molecule has 1 saturated heterocycles. The summed E-state index contributed by atoms with van der Waals surface area (Å²) in [5.41, 5.74) is -2.43. The van der Waals surface area contributed by atoms with Crippen LogP contribution in [0.1, 0.15) is 41.7 Å². The molecule has 3 rings (SSSR count). The highest BCUT2D eigenvalue weighted by atomic mass is 19.4. The SMILES string of the molecule is O=C(c1ccc(C(F)(F)F)[nH]c1=O)N1CCO[C@H]2CCCC[C@@H]21. The van der Waals surface area contributed by atoms with E-state index in [0.29, 0.717) is 13.2 Å². The Balaban J connectivity index is 1.86. The minimum Gasteiger partial charge on any atom is -0.374 e. The molecule has 1 aliphatic heterocycles. The summed E-state index contributed by atoms with van der Waals surface area (Å²) in [5.74, 6) is -0.528. The van der Waals surface area contributed by atoms with E-state index in [1.807, 2.05) is 0 Å². The lowest BCUT2D eigenvalue weighted by Crippen LogP contribution is -2.55. The molecular formula is C15H17F3N2O3. The average Bonchev–Trinajstić information content (AvgIpc) is 2.53. The van der Waals surface area contributed by atoms with Gasteiger partial charge in [0.1, 0.15) is 11.3 Å². The highest BCUT2D eigenvalue weighted by Crippen LogP contribution is 2.30. The number of hydrogen-bond donors (Lipinski definition) is 1. The molecule has 8 heteroatoms. The van der Waals surface area contributed by atoms with Crippen LogP contribution in [-0.2, 0) is 10.9 Å². The molecule has 1 amide bonds. The van der Waals surface area contributed by atoms with Gasteiger partial charge in [0.15, 0.2) is 0 Å². The lowest BCUT2D eigenvalue weighted by molar-refractivity contribution is -0.141. The van der Waals surface area contributed by atoms with E-state index in [-0.39, 0.29) is 17.7 Å². The van der Waals surface area contributed by atoms with Gasteiger partial charge in [-0.1, -0.05) is 12.8 Å². The predicted molar refractivity (Wildman–Crippen MR) is 75.1 cm³/mol. The minimum atomic E-state index is -4.64. The Bertz CT molecular complexity index is 654. The molecule has 0 bridgehead atoms. The van der Waals surface area contributed by atoms with Crippen molar-refractivity contribution >= 4 is 5.91 Å². The van der Waals surface area contributed by atoms with Crippen LogP contribution in [0.3, 0.4) is 0 Å². The molecule has 1 saturated carbocycles. The van der Waals surface area contributed by atoms with Crippen LogP contribution in [0.15, 0.2) is 16.9 Å². The highest BCUT2D eigenvalue weighted by molar-refractivity contribution is 5.94. The van der Waals surface area contributed by atoms with Crippen molar-refractivity contribution in [2.75, 3.05) is 13.2 Å². The lowest BCUT2D eigenvalue weighted by atomic mass is 9.90. The molecule has 126 valence electrons. The van der Waals surface area contributed by atoms with Crippen LogP contribution in [0.25, 0.3) is 0 Å². The number of carbonyl (C=O) groups is 1. The van der Waals surface area contributed by atoms with Gasteiger partial charge in [0.05, 0.1) is 18.8 Å². The molecule has 1 aromatic rings. The molecule has 0 spiro atoms. The molecule has 1 aliphatic carbocycles. The van der Waals surface area contributed by atoms with E-state index in [1.54, 1.807) is 9.88 Å². The number of nitrogens with one attached hydrogen (secondary N) is 1. The third-order valence-corrected chi connectivity index (χ3v) is 4.44. The second-order valence-corrected chi connectivity index (χ2v) is 5.87. The van der Waals surface area contributed by atoms with Crippen molar-refractivity contribution in [1.29, 1.82) is 0 Å². The van der Waals surface area contributed by atoms with Gasteiger partial charge in [-0.05, 0) is 25.0 Å². The first kappa shape index (κ1) is 16.0. The maximum atomic E-state index is 12.6. The van der Waals surface area contributed by atoms with Crippen molar-refractivity contribution in [1.82, 2.24) is 9.88 Å².